The summed E-state index contributed by atoms with van der Waals surface area (Å²) in [6.45, 7) is 1.33. The summed E-state index contributed by atoms with van der Waals surface area (Å²) < 4.78 is 6.78. The molecule has 2 aliphatic rings. The minimum atomic E-state index is 0.503. The fraction of sp³-hybridized carbons (Fsp3) is 0.533. The number of nitrogens with two attached hydrogens (primary N) is 1. The Morgan fingerprint density at radius 2 is 2.20 bits per heavy atom. The molecule has 0 amide bonds. The molecule has 1 aliphatic heterocycles. The first-order valence-corrected chi connectivity index (χ1v) is 8.02. The minimum Gasteiger partial charge on any atom is -0.493 e. The summed E-state index contributed by atoms with van der Waals surface area (Å²) in [5, 5.41) is 3.31. The van der Waals surface area contributed by atoms with E-state index >= 15 is 0 Å². The first-order valence-electron chi connectivity index (χ1n) is 7.23. The van der Waals surface area contributed by atoms with Crippen molar-refractivity contribution in [2.75, 3.05) is 6.61 Å². The second-order valence-corrected chi connectivity index (χ2v) is 6.39. The first kappa shape index (κ1) is 13.7. The topological polar surface area (TPSA) is 59.6 Å². The van der Waals surface area contributed by atoms with Crippen molar-refractivity contribution in [3.05, 3.63) is 27.7 Å². The van der Waals surface area contributed by atoms with Gasteiger partial charge in [0.2, 0.25) is 0 Å². The van der Waals surface area contributed by atoms with Crippen molar-refractivity contribution < 1.29 is 4.74 Å². The zero-order chi connectivity index (χ0) is 13.9. The van der Waals surface area contributed by atoms with E-state index in [0.29, 0.717) is 18.5 Å². The molecule has 3 N–H and O–H groups in total. The van der Waals surface area contributed by atoms with Crippen LogP contribution in [-0.4, -0.2) is 18.6 Å². The zero-order valence-electron chi connectivity index (χ0n) is 11.5. The van der Waals surface area contributed by atoms with Gasteiger partial charge in [0.15, 0.2) is 5.96 Å². The number of rotatable bonds is 3. The van der Waals surface area contributed by atoms with Crippen LogP contribution in [0.2, 0.25) is 0 Å². The van der Waals surface area contributed by atoms with Gasteiger partial charge in [-0.1, -0.05) is 28.8 Å². The molecule has 0 aromatic heterocycles. The average molecular weight is 338 g/mol. The van der Waals surface area contributed by atoms with E-state index in [1.165, 1.54) is 31.2 Å². The Kier molecular flexibility index (Phi) is 4.15. The molecule has 3 rings (SSSR count). The van der Waals surface area contributed by atoms with Gasteiger partial charge >= 0.3 is 0 Å². The molecular weight excluding hydrogens is 318 g/mol. The van der Waals surface area contributed by atoms with Crippen LogP contribution in [0, 0.1) is 0 Å². The maximum Gasteiger partial charge on any atom is 0.189 e. The van der Waals surface area contributed by atoms with Crippen LogP contribution in [0.5, 0.6) is 5.75 Å². The van der Waals surface area contributed by atoms with Gasteiger partial charge in [0.1, 0.15) is 5.75 Å². The monoisotopic (exact) mass is 337 g/mol. The van der Waals surface area contributed by atoms with E-state index in [1.807, 2.05) is 0 Å². The van der Waals surface area contributed by atoms with Gasteiger partial charge in [-0.3, -0.25) is 0 Å². The number of fused-ring (bicyclic) bond motifs is 1. The third-order valence-corrected chi connectivity index (χ3v) is 4.41. The molecule has 0 radical (unpaired) electrons. The van der Waals surface area contributed by atoms with E-state index in [-0.39, 0.29) is 0 Å². The molecule has 108 valence electrons. The van der Waals surface area contributed by atoms with Crippen molar-refractivity contribution in [1.82, 2.24) is 5.32 Å². The number of halogens is 1. The van der Waals surface area contributed by atoms with Crippen LogP contribution < -0.4 is 15.8 Å². The number of nitrogens with zero attached hydrogens (tertiary/aromatic N) is 1. The Labute approximate surface area is 127 Å². The second-order valence-electron chi connectivity index (χ2n) is 5.48. The van der Waals surface area contributed by atoms with E-state index in [0.717, 1.165) is 28.8 Å². The zero-order valence-corrected chi connectivity index (χ0v) is 13.1. The van der Waals surface area contributed by atoms with Gasteiger partial charge in [-0.05, 0) is 30.5 Å². The molecular formula is C15H20BrN3O. The summed E-state index contributed by atoms with van der Waals surface area (Å²) in [7, 11) is 0. The Balaban J connectivity index is 1.68. The average Bonchev–Trinajstić information content (AvgIpc) is 3.06. The Morgan fingerprint density at radius 1 is 1.40 bits per heavy atom. The molecule has 0 unspecified atom stereocenters. The maximum absolute atomic E-state index is 5.97. The highest BCUT2D eigenvalue weighted by Crippen LogP contribution is 2.33. The third kappa shape index (κ3) is 3.08. The molecule has 1 saturated carbocycles. The van der Waals surface area contributed by atoms with Crippen molar-refractivity contribution in [3.8, 4) is 5.75 Å². The molecule has 1 aliphatic carbocycles. The lowest BCUT2D eigenvalue weighted by atomic mass is 10.1. The predicted molar refractivity (Wildman–Crippen MR) is 84.1 cm³/mol. The van der Waals surface area contributed by atoms with Gasteiger partial charge in [0, 0.05) is 22.5 Å². The molecule has 5 heteroatoms. The number of hydrogen-bond donors (Lipinski definition) is 2. The molecule has 0 spiro atoms. The van der Waals surface area contributed by atoms with Crippen LogP contribution in [0.3, 0.4) is 0 Å². The van der Waals surface area contributed by atoms with E-state index < -0.39 is 0 Å². The second kappa shape index (κ2) is 6.04. The fourth-order valence-electron chi connectivity index (χ4n) is 2.96. The van der Waals surface area contributed by atoms with Crippen LogP contribution in [0.15, 0.2) is 21.6 Å². The molecule has 4 nitrogen and oxygen atoms in total. The van der Waals surface area contributed by atoms with Gasteiger partial charge in [0.25, 0.3) is 0 Å². The summed E-state index contributed by atoms with van der Waals surface area (Å²) in [6.07, 6.45) is 5.95. The highest BCUT2D eigenvalue weighted by atomic mass is 79.9. The SMILES string of the molecule is NC(=NCc1cc(Br)cc2c1OCC2)NC1CCCC1. The van der Waals surface area contributed by atoms with Crippen molar-refractivity contribution in [2.45, 2.75) is 44.7 Å². The Bertz CT molecular complexity index is 524. The highest BCUT2D eigenvalue weighted by molar-refractivity contribution is 9.10. The van der Waals surface area contributed by atoms with Gasteiger partial charge in [0.05, 0.1) is 13.2 Å². The number of aliphatic imine (C=N–C) groups is 1. The van der Waals surface area contributed by atoms with Gasteiger partial charge in [-0.15, -0.1) is 0 Å². The maximum atomic E-state index is 5.97. The molecule has 0 bridgehead atoms. The minimum absolute atomic E-state index is 0.503. The molecule has 1 heterocycles. The van der Waals surface area contributed by atoms with Gasteiger partial charge in [-0.2, -0.15) is 0 Å². The van der Waals surface area contributed by atoms with Gasteiger partial charge < -0.3 is 15.8 Å². The lowest BCUT2D eigenvalue weighted by Crippen LogP contribution is -2.38. The van der Waals surface area contributed by atoms with Gasteiger partial charge in [-0.25, -0.2) is 4.99 Å². The Hall–Kier alpha value is -1.23. The summed E-state index contributed by atoms with van der Waals surface area (Å²) in [6, 6.07) is 4.69. The summed E-state index contributed by atoms with van der Waals surface area (Å²) >= 11 is 3.54. The normalized spacial score (nSPS) is 18.9. The lowest BCUT2D eigenvalue weighted by Gasteiger charge is -2.13. The van der Waals surface area contributed by atoms with E-state index in [9.17, 15) is 0 Å². The van der Waals surface area contributed by atoms with Crippen molar-refractivity contribution in [3.63, 3.8) is 0 Å². The fourth-order valence-corrected chi connectivity index (χ4v) is 3.51. The number of benzene rings is 1. The quantitative estimate of drug-likeness (QED) is 0.658. The van der Waals surface area contributed by atoms with E-state index in [2.05, 4.69) is 38.4 Å². The van der Waals surface area contributed by atoms with Crippen LogP contribution in [0.25, 0.3) is 0 Å². The number of hydrogen-bond acceptors (Lipinski definition) is 2. The molecule has 0 atom stereocenters. The lowest BCUT2D eigenvalue weighted by molar-refractivity contribution is 0.353. The highest BCUT2D eigenvalue weighted by Gasteiger charge is 2.18. The standard InChI is InChI=1S/C15H20BrN3O/c16-12-7-10-5-6-20-14(10)11(8-12)9-18-15(17)19-13-3-1-2-4-13/h7-8,13H,1-6,9H2,(H3,17,18,19). The van der Waals surface area contributed by atoms with Crippen LogP contribution in [0.4, 0.5) is 0 Å². The molecule has 1 aromatic carbocycles. The summed E-state index contributed by atoms with van der Waals surface area (Å²) in [5.74, 6) is 1.54. The van der Waals surface area contributed by atoms with E-state index in [4.69, 9.17) is 10.5 Å². The van der Waals surface area contributed by atoms with Crippen molar-refractivity contribution >= 4 is 21.9 Å². The van der Waals surface area contributed by atoms with Crippen molar-refractivity contribution in [1.29, 1.82) is 0 Å². The summed E-state index contributed by atoms with van der Waals surface area (Å²) in [5.41, 5.74) is 8.33. The first-order chi connectivity index (χ1) is 9.72. The number of nitrogens with one attached hydrogen (secondary N) is 1. The van der Waals surface area contributed by atoms with E-state index in [1.54, 1.807) is 0 Å². The van der Waals surface area contributed by atoms with Crippen LogP contribution >= 0.6 is 15.9 Å². The molecule has 0 saturated heterocycles. The van der Waals surface area contributed by atoms with Crippen LogP contribution in [0.1, 0.15) is 36.8 Å². The van der Waals surface area contributed by atoms with Crippen molar-refractivity contribution in [2.24, 2.45) is 10.7 Å². The third-order valence-electron chi connectivity index (χ3n) is 3.95. The smallest absolute Gasteiger partial charge is 0.189 e. The Morgan fingerprint density at radius 3 is 3.00 bits per heavy atom. The predicted octanol–water partition coefficient (Wildman–Crippen LogP) is 2.73. The number of ether oxygens (including phenoxy) is 1. The molecule has 1 aromatic rings. The molecule has 1 fully saturated rings. The summed E-state index contributed by atoms with van der Waals surface area (Å²) in [4.78, 5) is 4.46. The molecule has 20 heavy (non-hydrogen) atoms. The van der Waals surface area contributed by atoms with Crippen LogP contribution in [-0.2, 0) is 13.0 Å². The largest absolute Gasteiger partial charge is 0.493 e. The number of guanidine groups is 1.